The Morgan fingerprint density at radius 2 is 1.95 bits per heavy atom. The summed E-state index contributed by atoms with van der Waals surface area (Å²) in [6, 6.07) is 11.3. The van der Waals surface area contributed by atoms with Crippen LogP contribution in [0.2, 0.25) is 0 Å². The molecule has 0 spiro atoms. The first kappa shape index (κ1) is 14.1. The zero-order valence-corrected chi connectivity index (χ0v) is 12.0. The van der Waals surface area contributed by atoms with Crippen LogP contribution in [-0.2, 0) is 0 Å². The quantitative estimate of drug-likeness (QED) is 0.631. The number of fused-ring (bicyclic) bond motifs is 1. The molecule has 2 aromatic rings. The summed E-state index contributed by atoms with van der Waals surface area (Å²) in [5.74, 6) is 0.483. The van der Waals surface area contributed by atoms with E-state index in [0.717, 1.165) is 11.3 Å². The van der Waals surface area contributed by atoms with Gasteiger partial charge in [-0.05, 0) is 36.8 Å². The molecule has 112 valence electrons. The summed E-state index contributed by atoms with van der Waals surface area (Å²) in [5, 5.41) is 10.7. The molecule has 0 unspecified atom stereocenters. The highest BCUT2D eigenvalue weighted by molar-refractivity contribution is 6.07. The molecule has 1 aliphatic heterocycles. The second-order valence-electron chi connectivity index (χ2n) is 5.08. The second-order valence-corrected chi connectivity index (χ2v) is 5.08. The number of ether oxygens (including phenoxy) is 1. The van der Waals surface area contributed by atoms with Gasteiger partial charge in [0.2, 0.25) is 0 Å². The van der Waals surface area contributed by atoms with Gasteiger partial charge in [-0.3, -0.25) is 14.9 Å². The SMILES string of the molecule is Cc1ccc2c(c1)N(C(=O)c1ccc([N+](=O)[O-])cc1)CCO2. The van der Waals surface area contributed by atoms with Crippen LogP contribution in [0.1, 0.15) is 15.9 Å². The predicted molar refractivity (Wildman–Crippen MR) is 81.4 cm³/mol. The van der Waals surface area contributed by atoms with Gasteiger partial charge in [0, 0.05) is 17.7 Å². The number of aryl methyl sites for hydroxylation is 1. The van der Waals surface area contributed by atoms with Crippen LogP contribution >= 0.6 is 0 Å². The molecule has 0 radical (unpaired) electrons. The van der Waals surface area contributed by atoms with Gasteiger partial charge in [-0.2, -0.15) is 0 Å². The van der Waals surface area contributed by atoms with E-state index in [9.17, 15) is 14.9 Å². The summed E-state index contributed by atoms with van der Waals surface area (Å²) < 4.78 is 5.56. The van der Waals surface area contributed by atoms with Crippen molar-refractivity contribution >= 4 is 17.3 Å². The van der Waals surface area contributed by atoms with E-state index >= 15 is 0 Å². The molecule has 0 aromatic heterocycles. The standard InChI is InChI=1S/C16H14N2O4/c1-11-2-7-15-14(10-11)17(8-9-22-15)16(19)12-3-5-13(6-4-12)18(20)21/h2-7,10H,8-9H2,1H3. The fraction of sp³-hybridized carbons (Fsp3) is 0.188. The van der Waals surface area contributed by atoms with Crippen molar-refractivity contribution in [2.75, 3.05) is 18.1 Å². The first-order valence-electron chi connectivity index (χ1n) is 6.86. The number of hydrogen-bond donors (Lipinski definition) is 0. The molecule has 1 aliphatic rings. The zero-order valence-electron chi connectivity index (χ0n) is 12.0. The third-order valence-electron chi connectivity index (χ3n) is 3.55. The highest BCUT2D eigenvalue weighted by Gasteiger charge is 2.25. The van der Waals surface area contributed by atoms with Crippen LogP contribution in [0.3, 0.4) is 0 Å². The second kappa shape index (κ2) is 5.48. The third-order valence-corrected chi connectivity index (χ3v) is 3.55. The van der Waals surface area contributed by atoms with Crippen molar-refractivity contribution in [3.8, 4) is 5.75 Å². The van der Waals surface area contributed by atoms with Crippen molar-refractivity contribution in [1.82, 2.24) is 0 Å². The molecule has 0 saturated carbocycles. The summed E-state index contributed by atoms with van der Waals surface area (Å²) in [4.78, 5) is 24.5. The van der Waals surface area contributed by atoms with Crippen molar-refractivity contribution in [1.29, 1.82) is 0 Å². The molecule has 1 amide bonds. The van der Waals surface area contributed by atoms with Gasteiger partial charge in [0.25, 0.3) is 11.6 Å². The predicted octanol–water partition coefficient (Wildman–Crippen LogP) is 2.94. The minimum absolute atomic E-state index is 0.0326. The van der Waals surface area contributed by atoms with Crippen LogP contribution in [-0.4, -0.2) is 24.0 Å². The molecule has 0 N–H and O–H groups in total. The van der Waals surface area contributed by atoms with E-state index in [-0.39, 0.29) is 11.6 Å². The number of nitrogens with zero attached hydrogens (tertiary/aromatic N) is 2. The molecule has 6 nitrogen and oxygen atoms in total. The minimum Gasteiger partial charge on any atom is -0.490 e. The van der Waals surface area contributed by atoms with Crippen LogP contribution in [0.25, 0.3) is 0 Å². The van der Waals surface area contributed by atoms with Gasteiger partial charge in [0.1, 0.15) is 12.4 Å². The molecule has 0 fully saturated rings. The van der Waals surface area contributed by atoms with Crippen LogP contribution in [0.4, 0.5) is 11.4 Å². The molecule has 1 heterocycles. The maximum Gasteiger partial charge on any atom is 0.269 e. The maximum atomic E-state index is 12.7. The van der Waals surface area contributed by atoms with E-state index in [1.807, 2.05) is 25.1 Å². The number of benzene rings is 2. The lowest BCUT2D eigenvalue weighted by atomic mass is 10.1. The number of hydrogen-bond acceptors (Lipinski definition) is 4. The molecule has 0 saturated heterocycles. The number of rotatable bonds is 2. The average molecular weight is 298 g/mol. The number of non-ortho nitro benzene ring substituents is 1. The van der Waals surface area contributed by atoms with E-state index in [0.29, 0.717) is 24.5 Å². The highest BCUT2D eigenvalue weighted by Crippen LogP contribution is 2.33. The first-order valence-corrected chi connectivity index (χ1v) is 6.86. The van der Waals surface area contributed by atoms with Gasteiger partial charge in [-0.1, -0.05) is 6.07 Å². The number of anilines is 1. The Morgan fingerprint density at radius 1 is 1.23 bits per heavy atom. The lowest BCUT2D eigenvalue weighted by molar-refractivity contribution is -0.384. The molecule has 6 heteroatoms. The normalized spacial score (nSPS) is 13.2. The largest absolute Gasteiger partial charge is 0.490 e. The van der Waals surface area contributed by atoms with Crippen LogP contribution in [0, 0.1) is 17.0 Å². The monoisotopic (exact) mass is 298 g/mol. The number of carbonyl (C=O) groups excluding carboxylic acids is 1. The zero-order chi connectivity index (χ0) is 15.7. The smallest absolute Gasteiger partial charge is 0.269 e. The topological polar surface area (TPSA) is 72.7 Å². The van der Waals surface area contributed by atoms with Crippen molar-refractivity contribution in [2.24, 2.45) is 0 Å². The lowest BCUT2D eigenvalue weighted by Gasteiger charge is -2.29. The molecule has 0 aliphatic carbocycles. The van der Waals surface area contributed by atoms with E-state index < -0.39 is 4.92 Å². The Hall–Kier alpha value is -2.89. The first-order chi connectivity index (χ1) is 10.6. The van der Waals surface area contributed by atoms with Crippen molar-refractivity contribution in [3.63, 3.8) is 0 Å². The van der Waals surface area contributed by atoms with Crippen LogP contribution < -0.4 is 9.64 Å². The molecular formula is C16H14N2O4. The van der Waals surface area contributed by atoms with E-state index in [2.05, 4.69) is 0 Å². The molecule has 22 heavy (non-hydrogen) atoms. The molecular weight excluding hydrogens is 284 g/mol. The van der Waals surface area contributed by atoms with E-state index in [1.54, 1.807) is 4.90 Å². The Balaban J connectivity index is 1.93. The van der Waals surface area contributed by atoms with Gasteiger partial charge < -0.3 is 9.64 Å². The summed E-state index contributed by atoms with van der Waals surface area (Å²) in [5.41, 5.74) is 2.15. The molecule has 3 rings (SSSR count). The summed E-state index contributed by atoms with van der Waals surface area (Å²) in [6.45, 7) is 2.82. The fourth-order valence-electron chi connectivity index (χ4n) is 2.42. The average Bonchev–Trinajstić information content (AvgIpc) is 2.53. The Labute approximate surface area is 127 Å². The van der Waals surface area contributed by atoms with Gasteiger partial charge >= 0.3 is 0 Å². The van der Waals surface area contributed by atoms with E-state index in [4.69, 9.17) is 4.74 Å². The van der Waals surface area contributed by atoms with Gasteiger partial charge in [-0.25, -0.2) is 0 Å². The third kappa shape index (κ3) is 2.50. The lowest BCUT2D eigenvalue weighted by Crippen LogP contribution is -2.38. The van der Waals surface area contributed by atoms with Gasteiger partial charge in [0.05, 0.1) is 17.2 Å². The fourth-order valence-corrected chi connectivity index (χ4v) is 2.42. The molecule has 0 atom stereocenters. The maximum absolute atomic E-state index is 12.7. The van der Waals surface area contributed by atoms with Crippen molar-refractivity contribution in [3.05, 3.63) is 63.7 Å². The van der Waals surface area contributed by atoms with E-state index in [1.165, 1.54) is 24.3 Å². The number of nitro benzene ring substituents is 1. The minimum atomic E-state index is -0.484. The Morgan fingerprint density at radius 3 is 2.64 bits per heavy atom. The Kier molecular flexibility index (Phi) is 3.50. The molecule has 0 bridgehead atoms. The summed E-state index contributed by atoms with van der Waals surface area (Å²) in [6.07, 6.45) is 0. The van der Waals surface area contributed by atoms with Crippen molar-refractivity contribution < 1.29 is 14.5 Å². The van der Waals surface area contributed by atoms with Gasteiger partial charge in [0.15, 0.2) is 0 Å². The molecule has 2 aromatic carbocycles. The summed E-state index contributed by atoms with van der Waals surface area (Å²) in [7, 11) is 0. The van der Waals surface area contributed by atoms with Gasteiger partial charge in [-0.15, -0.1) is 0 Å². The summed E-state index contributed by atoms with van der Waals surface area (Å²) >= 11 is 0. The highest BCUT2D eigenvalue weighted by atomic mass is 16.6. The van der Waals surface area contributed by atoms with Crippen molar-refractivity contribution in [2.45, 2.75) is 6.92 Å². The number of amides is 1. The van der Waals surface area contributed by atoms with Crippen LogP contribution in [0.5, 0.6) is 5.75 Å². The number of carbonyl (C=O) groups is 1. The Bertz CT molecular complexity index is 740. The number of nitro groups is 1. The van der Waals surface area contributed by atoms with Crippen LogP contribution in [0.15, 0.2) is 42.5 Å².